The van der Waals surface area contributed by atoms with Crippen molar-refractivity contribution < 1.29 is 28.2 Å². The van der Waals surface area contributed by atoms with E-state index in [4.69, 9.17) is 18.6 Å². The normalized spacial score (nSPS) is 10.6. The van der Waals surface area contributed by atoms with Gasteiger partial charge in [0.1, 0.15) is 23.3 Å². The third kappa shape index (κ3) is 5.07. The molecule has 166 valence electrons. The first-order valence-corrected chi connectivity index (χ1v) is 10.2. The Kier molecular flexibility index (Phi) is 6.45. The standard InChI is InChI=1S/C25H19NO7/c1-2-12-30-24(28)16-5-7-18(8-6-16)32-22-15-31-21-13-19(9-10-20(21)23(22)27)33-25(29)17-4-3-11-26-14-17/h3-11,13-15H,2,12H2,1H3. The van der Waals surface area contributed by atoms with Crippen LogP contribution in [0.3, 0.4) is 0 Å². The zero-order valence-electron chi connectivity index (χ0n) is 17.6. The fourth-order valence-corrected chi connectivity index (χ4v) is 2.94. The SMILES string of the molecule is CCCOC(=O)c1ccc(Oc2coc3cc(OC(=O)c4cccnc4)ccc3c2=O)cc1. The number of aromatic nitrogens is 1. The molecule has 0 aliphatic carbocycles. The van der Waals surface area contributed by atoms with Crippen LogP contribution in [-0.2, 0) is 4.74 Å². The fraction of sp³-hybridized carbons (Fsp3) is 0.120. The predicted octanol–water partition coefficient (Wildman–Crippen LogP) is 4.77. The Bertz CT molecular complexity index is 1350. The van der Waals surface area contributed by atoms with Crippen LogP contribution in [0.5, 0.6) is 17.2 Å². The molecular weight excluding hydrogens is 426 g/mol. The zero-order valence-corrected chi connectivity index (χ0v) is 17.6. The molecule has 0 unspecified atom stereocenters. The lowest BCUT2D eigenvalue weighted by molar-refractivity contribution is 0.0504. The van der Waals surface area contributed by atoms with E-state index in [1.54, 1.807) is 42.6 Å². The maximum atomic E-state index is 12.8. The van der Waals surface area contributed by atoms with Crippen LogP contribution < -0.4 is 14.9 Å². The van der Waals surface area contributed by atoms with Gasteiger partial charge >= 0.3 is 11.9 Å². The molecule has 8 nitrogen and oxygen atoms in total. The Labute approximate surface area is 188 Å². The lowest BCUT2D eigenvalue weighted by Crippen LogP contribution is -2.09. The molecule has 2 aromatic heterocycles. The summed E-state index contributed by atoms with van der Waals surface area (Å²) >= 11 is 0. The van der Waals surface area contributed by atoms with Crippen LogP contribution in [0.2, 0.25) is 0 Å². The van der Waals surface area contributed by atoms with Crippen molar-refractivity contribution in [2.75, 3.05) is 6.61 Å². The molecule has 0 bridgehead atoms. The first-order valence-electron chi connectivity index (χ1n) is 10.2. The van der Waals surface area contributed by atoms with E-state index in [2.05, 4.69) is 4.98 Å². The number of hydrogen-bond donors (Lipinski definition) is 0. The van der Waals surface area contributed by atoms with Crippen molar-refractivity contribution in [1.29, 1.82) is 0 Å². The van der Waals surface area contributed by atoms with Gasteiger partial charge in [-0.3, -0.25) is 9.78 Å². The predicted molar refractivity (Wildman–Crippen MR) is 119 cm³/mol. The Morgan fingerprint density at radius 3 is 2.48 bits per heavy atom. The Morgan fingerprint density at radius 2 is 1.76 bits per heavy atom. The van der Waals surface area contributed by atoms with Gasteiger partial charge in [-0.2, -0.15) is 0 Å². The van der Waals surface area contributed by atoms with Gasteiger partial charge < -0.3 is 18.6 Å². The Balaban J connectivity index is 1.50. The summed E-state index contributed by atoms with van der Waals surface area (Å²) in [5.41, 5.74) is 0.521. The number of carbonyl (C=O) groups is 2. The molecule has 33 heavy (non-hydrogen) atoms. The van der Waals surface area contributed by atoms with Gasteiger partial charge in [-0.15, -0.1) is 0 Å². The minimum Gasteiger partial charge on any atom is -0.462 e. The number of rotatable bonds is 7. The second kappa shape index (κ2) is 9.78. The fourth-order valence-electron chi connectivity index (χ4n) is 2.94. The van der Waals surface area contributed by atoms with E-state index in [0.29, 0.717) is 23.5 Å². The molecule has 0 saturated heterocycles. The molecule has 4 rings (SSSR count). The molecule has 0 spiro atoms. The van der Waals surface area contributed by atoms with Crippen LogP contribution in [0.15, 0.2) is 82.5 Å². The van der Waals surface area contributed by atoms with Gasteiger partial charge in [0.2, 0.25) is 11.2 Å². The third-order valence-corrected chi connectivity index (χ3v) is 4.58. The van der Waals surface area contributed by atoms with Gasteiger partial charge in [-0.25, -0.2) is 9.59 Å². The number of benzene rings is 2. The van der Waals surface area contributed by atoms with E-state index in [0.717, 1.165) is 6.42 Å². The Morgan fingerprint density at radius 1 is 0.970 bits per heavy atom. The average Bonchev–Trinajstić information content (AvgIpc) is 2.85. The maximum Gasteiger partial charge on any atom is 0.345 e. The highest BCUT2D eigenvalue weighted by Crippen LogP contribution is 2.25. The van der Waals surface area contributed by atoms with Crippen LogP contribution >= 0.6 is 0 Å². The average molecular weight is 445 g/mol. The van der Waals surface area contributed by atoms with Crippen molar-refractivity contribution >= 4 is 22.9 Å². The quantitative estimate of drug-likeness (QED) is 0.296. The summed E-state index contributed by atoms with van der Waals surface area (Å²) < 4.78 is 21.6. The molecule has 8 heteroatoms. The molecule has 0 radical (unpaired) electrons. The van der Waals surface area contributed by atoms with E-state index < -0.39 is 17.4 Å². The Hall–Kier alpha value is -4.46. The zero-order chi connectivity index (χ0) is 23.2. The van der Waals surface area contributed by atoms with Crippen LogP contribution in [0.1, 0.15) is 34.1 Å². The molecule has 0 amide bonds. The van der Waals surface area contributed by atoms with Crippen molar-refractivity contribution in [3.05, 3.63) is 94.6 Å². The first-order chi connectivity index (χ1) is 16.0. The van der Waals surface area contributed by atoms with Crippen molar-refractivity contribution in [3.63, 3.8) is 0 Å². The molecule has 2 heterocycles. The second-order valence-electron chi connectivity index (χ2n) is 6.98. The van der Waals surface area contributed by atoms with Crippen LogP contribution in [0, 0.1) is 0 Å². The summed E-state index contributed by atoms with van der Waals surface area (Å²) in [5, 5.41) is 0.258. The van der Waals surface area contributed by atoms with E-state index >= 15 is 0 Å². The minimum absolute atomic E-state index is 0.0242. The summed E-state index contributed by atoms with van der Waals surface area (Å²) in [4.78, 5) is 40.8. The first kappa shape index (κ1) is 21.8. The highest BCUT2D eigenvalue weighted by Gasteiger charge is 2.14. The minimum atomic E-state index is -0.577. The topological polar surface area (TPSA) is 105 Å². The largest absolute Gasteiger partial charge is 0.462 e. The lowest BCUT2D eigenvalue weighted by atomic mass is 10.2. The van der Waals surface area contributed by atoms with Crippen LogP contribution in [-0.4, -0.2) is 23.5 Å². The molecule has 0 fully saturated rings. The molecule has 0 aliphatic rings. The number of carbonyl (C=O) groups excluding carboxylic acids is 2. The summed E-state index contributed by atoms with van der Waals surface area (Å²) in [6, 6.07) is 13.9. The van der Waals surface area contributed by atoms with Crippen molar-refractivity contribution in [1.82, 2.24) is 4.98 Å². The monoisotopic (exact) mass is 445 g/mol. The van der Waals surface area contributed by atoms with Crippen LogP contribution in [0.25, 0.3) is 11.0 Å². The number of ether oxygens (including phenoxy) is 3. The maximum absolute atomic E-state index is 12.8. The molecule has 4 aromatic rings. The van der Waals surface area contributed by atoms with Gasteiger partial charge in [-0.05, 0) is 55.0 Å². The second-order valence-corrected chi connectivity index (χ2v) is 6.98. The number of esters is 2. The van der Waals surface area contributed by atoms with E-state index in [-0.39, 0.29) is 22.5 Å². The van der Waals surface area contributed by atoms with Gasteiger partial charge in [0.15, 0.2) is 0 Å². The summed E-state index contributed by atoms with van der Waals surface area (Å²) in [7, 11) is 0. The summed E-state index contributed by atoms with van der Waals surface area (Å²) in [6.07, 6.45) is 4.87. The highest BCUT2D eigenvalue weighted by atomic mass is 16.5. The molecule has 0 aliphatic heterocycles. The van der Waals surface area contributed by atoms with E-state index in [1.807, 2.05) is 6.92 Å². The molecule has 0 saturated carbocycles. The van der Waals surface area contributed by atoms with Gasteiger partial charge in [0.05, 0.1) is 23.1 Å². The van der Waals surface area contributed by atoms with Crippen molar-refractivity contribution in [3.8, 4) is 17.2 Å². The van der Waals surface area contributed by atoms with Crippen LogP contribution in [0.4, 0.5) is 0 Å². The number of nitrogens with zero attached hydrogens (tertiary/aromatic N) is 1. The summed E-state index contributed by atoms with van der Waals surface area (Å²) in [6.45, 7) is 2.26. The van der Waals surface area contributed by atoms with Crippen molar-refractivity contribution in [2.24, 2.45) is 0 Å². The van der Waals surface area contributed by atoms with Crippen molar-refractivity contribution in [2.45, 2.75) is 13.3 Å². The lowest BCUT2D eigenvalue weighted by Gasteiger charge is -2.08. The van der Waals surface area contributed by atoms with Gasteiger partial charge in [0.25, 0.3) is 0 Å². The van der Waals surface area contributed by atoms with Gasteiger partial charge in [0, 0.05) is 18.5 Å². The third-order valence-electron chi connectivity index (χ3n) is 4.58. The molecule has 0 atom stereocenters. The van der Waals surface area contributed by atoms with Gasteiger partial charge in [-0.1, -0.05) is 6.92 Å². The van der Waals surface area contributed by atoms with E-state index in [1.165, 1.54) is 30.7 Å². The molecule has 0 N–H and O–H groups in total. The molecule has 2 aromatic carbocycles. The summed E-state index contributed by atoms with van der Waals surface area (Å²) in [5.74, 6) is -0.446. The smallest absolute Gasteiger partial charge is 0.345 e. The number of fused-ring (bicyclic) bond motifs is 1. The number of hydrogen-bond acceptors (Lipinski definition) is 8. The van der Waals surface area contributed by atoms with E-state index in [9.17, 15) is 14.4 Å². The molecular formula is C25H19NO7. The highest BCUT2D eigenvalue weighted by molar-refractivity contribution is 5.91. The number of pyridine rings is 1.